The highest BCUT2D eigenvalue weighted by atomic mass is 32.2. The van der Waals surface area contributed by atoms with Crippen LogP contribution in [0.25, 0.3) is 0 Å². The van der Waals surface area contributed by atoms with Gasteiger partial charge >= 0.3 is 0 Å². The number of benzene rings is 8. The number of hydrogen-bond donors (Lipinski definition) is 0. The third-order valence-electron chi connectivity index (χ3n) is 11.8. The highest BCUT2D eigenvalue weighted by Gasteiger charge is 2.52. The van der Waals surface area contributed by atoms with E-state index in [9.17, 15) is 61.7 Å². The molecule has 0 aliphatic carbocycles. The van der Waals surface area contributed by atoms with E-state index in [-0.39, 0.29) is 11.5 Å². The zero-order valence-corrected chi connectivity index (χ0v) is 37.6. The summed E-state index contributed by atoms with van der Waals surface area (Å²) in [6, 6.07) is 36.5. The van der Waals surface area contributed by atoms with Crippen molar-refractivity contribution >= 4 is 43.7 Å². The molecule has 75 heavy (non-hydrogen) atoms. The summed E-state index contributed by atoms with van der Waals surface area (Å²) in [5, 5.41) is 0. The summed E-state index contributed by atoms with van der Waals surface area (Å²) in [6.07, 6.45) is -6.40. The van der Waals surface area contributed by atoms with E-state index in [1.165, 1.54) is 5.56 Å². The second-order valence-electron chi connectivity index (χ2n) is 16.0. The van der Waals surface area contributed by atoms with Gasteiger partial charge in [0.15, 0.2) is 95.3 Å². The number of halogens is 20. The van der Waals surface area contributed by atoms with Crippen LogP contribution < -0.4 is 21.9 Å². The lowest BCUT2D eigenvalue weighted by atomic mass is 9.12. The molecule has 8 aromatic carbocycles. The Bertz CT molecular complexity index is 3160. The standard InChI is InChI=1S/C27H23O2S.C24BF20/c28-27(24-18-16-23(17-19-24)20-22-10-4-1-5-11-22)21-30(29,25-12-6-2-7-13-25)26-14-8-3-9-15-26;26-5-1(6(27)14(35)21(42)13(5)34)25(2-7(28)15(36)22(43)16(37)8(2)29,3-9(30)17(38)23(44)18(39)10(3)31)4-11(32)19(40)24(45)20(41)12(4)33/h1-19H,20-21H2;/q+1;-1. The molecule has 0 aliphatic rings. The van der Waals surface area contributed by atoms with Gasteiger partial charge in [-0.25, -0.2) is 87.8 Å². The van der Waals surface area contributed by atoms with E-state index < -0.39 is 154 Å². The van der Waals surface area contributed by atoms with Crippen LogP contribution in [0.15, 0.2) is 125 Å². The molecule has 0 aromatic heterocycles. The first kappa shape index (κ1) is 55.0. The Morgan fingerprint density at radius 3 is 0.800 bits per heavy atom. The molecule has 0 amide bonds. The Balaban J connectivity index is 0.000000236. The van der Waals surface area contributed by atoms with E-state index in [0.29, 0.717) is 15.4 Å². The summed E-state index contributed by atoms with van der Waals surface area (Å²) in [5.74, 6) is -71.6. The topological polar surface area (TPSA) is 34.1 Å². The Kier molecular flexibility index (Phi) is 15.6. The van der Waals surface area contributed by atoms with E-state index in [0.717, 1.165) is 12.0 Å². The average Bonchev–Trinajstić information content (AvgIpc) is 3.41. The lowest BCUT2D eigenvalue weighted by Crippen LogP contribution is -2.81. The van der Waals surface area contributed by atoms with Crippen LogP contribution in [0.3, 0.4) is 0 Å². The highest BCUT2D eigenvalue weighted by Crippen LogP contribution is 2.33. The number of ketones is 1. The first-order valence-electron chi connectivity index (χ1n) is 20.9. The predicted molar refractivity (Wildman–Crippen MR) is 232 cm³/mol. The van der Waals surface area contributed by atoms with Crippen LogP contribution >= 0.6 is 0 Å². The lowest BCUT2D eigenvalue weighted by molar-refractivity contribution is 0.102. The number of carbonyl (C=O) groups excluding carboxylic acids is 1. The van der Waals surface area contributed by atoms with Crippen LogP contribution in [0.1, 0.15) is 21.5 Å². The van der Waals surface area contributed by atoms with Crippen LogP contribution in [-0.2, 0) is 20.6 Å². The lowest BCUT2D eigenvalue weighted by Gasteiger charge is -2.44. The van der Waals surface area contributed by atoms with Crippen molar-refractivity contribution in [1.82, 2.24) is 0 Å². The Morgan fingerprint density at radius 2 is 0.533 bits per heavy atom. The van der Waals surface area contributed by atoms with E-state index in [4.69, 9.17) is 0 Å². The van der Waals surface area contributed by atoms with Crippen LogP contribution in [0.2, 0.25) is 0 Å². The molecule has 0 fully saturated rings. The van der Waals surface area contributed by atoms with Gasteiger partial charge in [-0.1, -0.05) is 95.2 Å². The maximum absolute atomic E-state index is 15.4. The van der Waals surface area contributed by atoms with Gasteiger partial charge in [0, 0.05) is 5.56 Å². The van der Waals surface area contributed by atoms with Crippen LogP contribution in [0.5, 0.6) is 0 Å². The van der Waals surface area contributed by atoms with Crippen molar-refractivity contribution in [3.63, 3.8) is 0 Å². The minimum absolute atomic E-state index is 0.0426. The highest BCUT2D eigenvalue weighted by molar-refractivity contribution is 8.03. The number of Topliss-reactive ketones (excluding diaryl/α,β-unsaturated/α-hetero) is 1. The zero-order chi connectivity index (χ0) is 55.2. The quantitative estimate of drug-likeness (QED) is 0.0323. The fourth-order valence-electron chi connectivity index (χ4n) is 8.37. The van der Waals surface area contributed by atoms with Crippen LogP contribution in [-0.4, -0.2) is 17.7 Å². The summed E-state index contributed by atoms with van der Waals surface area (Å²) in [7, 11) is -2.70. The molecule has 0 N–H and O–H groups in total. The van der Waals surface area contributed by atoms with Gasteiger partial charge in [0.2, 0.25) is 5.78 Å². The fraction of sp³-hybridized carbons (Fsp3) is 0.0392. The molecule has 388 valence electrons. The third kappa shape index (κ3) is 9.32. The molecule has 0 saturated carbocycles. The van der Waals surface area contributed by atoms with Crippen molar-refractivity contribution in [3.8, 4) is 0 Å². The third-order valence-corrected chi connectivity index (χ3v) is 14.6. The normalized spacial score (nSPS) is 11.7. The molecular weight excluding hydrogens is 1070 g/mol. The maximum atomic E-state index is 15.4. The molecule has 8 aromatic rings. The Morgan fingerprint density at radius 1 is 0.307 bits per heavy atom. The number of rotatable bonds is 11. The van der Waals surface area contributed by atoms with E-state index in [2.05, 4.69) is 12.1 Å². The van der Waals surface area contributed by atoms with E-state index in [1.54, 1.807) is 0 Å². The van der Waals surface area contributed by atoms with Gasteiger partial charge in [-0.2, -0.15) is 0 Å². The smallest absolute Gasteiger partial charge is 0.212 e. The van der Waals surface area contributed by atoms with E-state index in [1.807, 2.05) is 103 Å². The summed E-state index contributed by atoms with van der Waals surface area (Å²) in [6.45, 7) is 0. The molecular formula is C51H23BF20O2S. The molecule has 0 radical (unpaired) electrons. The molecule has 0 aliphatic heterocycles. The minimum Gasteiger partial charge on any atom is -0.289 e. The van der Waals surface area contributed by atoms with Gasteiger partial charge in [-0.05, 0) is 41.8 Å². The molecule has 8 rings (SSSR count). The van der Waals surface area contributed by atoms with Gasteiger partial charge < -0.3 is 0 Å². The second kappa shape index (κ2) is 21.2. The van der Waals surface area contributed by atoms with E-state index >= 15 is 35.1 Å². The Labute approximate surface area is 409 Å². The second-order valence-corrected chi connectivity index (χ2v) is 18.6. The number of hydrogen-bond acceptors (Lipinski definition) is 2. The van der Waals surface area contributed by atoms with Crippen molar-refractivity contribution < 1.29 is 96.8 Å². The first-order chi connectivity index (χ1) is 35.4. The zero-order valence-electron chi connectivity index (χ0n) is 36.7. The SMILES string of the molecule is Fc1c(F)c(F)c([B-](c2c(F)c(F)c(F)c(F)c2F)(c2c(F)c(F)c(F)c(F)c2F)c2c(F)c(F)c(F)c(F)c2F)c(F)c1F.O=C(C[S+](=O)(c1ccccc1)c1ccccc1)c1ccc(Cc2ccccc2)cc1. The molecule has 0 atom stereocenters. The summed E-state index contributed by atoms with van der Waals surface area (Å²) >= 11 is 0. The largest absolute Gasteiger partial charge is 0.289 e. The van der Waals surface area contributed by atoms with Crippen LogP contribution in [0.4, 0.5) is 87.8 Å². The molecule has 0 saturated heterocycles. The summed E-state index contributed by atoms with van der Waals surface area (Å²) < 4.78 is 308. The fourth-order valence-corrected chi connectivity index (χ4v) is 10.7. The summed E-state index contributed by atoms with van der Waals surface area (Å²) in [5.41, 5.74) is -11.4. The van der Waals surface area contributed by atoms with Crippen molar-refractivity contribution in [1.29, 1.82) is 0 Å². The van der Waals surface area contributed by atoms with Crippen molar-refractivity contribution in [3.05, 3.63) is 248 Å². The Hall–Kier alpha value is -7.76. The van der Waals surface area contributed by atoms with Gasteiger partial charge in [0.1, 0.15) is 52.7 Å². The average molecular weight is 1090 g/mol. The van der Waals surface area contributed by atoms with Crippen LogP contribution in [0, 0.1) is 116 Å². The minimum atomic E-state index is -7.22. The molecule has 24 heteroatoms. The molecule has 2 nitrogen and oxygen atoms in total. The van der Waals surface area contributed by atoms with Crippen molar-refractivity contribution in [2.45, 2.75) is 16.2 Å². The predicted octanol–water partition coefficient (Wildman–Crippen LogP) is 11.9. The number of carbonyl (C=O) groups is 1. The maximum Gasteiger partial charge on any atom is 0.212 e. The first-order valence-corrected chi connectivity index (χ1v) is 22.6. The monoisotopic (exact) mass is 1090 g/mol. The van der Waals surface area contributed by atoms with Gasteiger partial charge in [-0.15, -0.1) is 21.9 Å². The molecule has 0 unspecified atom stereocenters. The van der Waals surface area contributed by atoms with Gasteiger partial charge in [0.05, 0.1) is 0 Å². The van der Waals surface area contributed by atoms with Gasteiger partial charge in [0.25, 0.3) is 0 Å². The van der Waals surface area contributed by atoms with Crippen molar-refractivity contribution in [2.75, 3.05) is 5.75 Å². The summed E-state index contributed by atoms with van der Waals surface area (Å²) in [4.78, 5) is 14.5. The van der Waals surface area contributed by atoms with Gasteiger partial charge in [-0.3, -0.25) is 4.79 Å². The molecule has 0 spiro atoms. The van der Waals surface area contributed by atoms with Crippen molar-refractivity contribution in [2.24, 2.45) is 0 Å². The molecule has 0 heterocycles. The molecule has 0 bridgehead atoms.